The van der Waals surface area contributed by atoms with E-state index in [1.54, 1.807) is 0 Å². The van der Waals surface area contributed by atoms with Crippen molar-refractivity contribution < 1.29 is 23.1 Å². The van der Waals surface area contributed by atoms with Crippen LogP contribution in [0.5, 0.6) is 0 Å². The molecule has 0 bridgehead atoms. The normalized spacial score (nSPS) is 23.2. The molecule has 0 N–H and O–H groups in total. The monoisotopic (exact) mass is 241 g/mol. The number of hydrogen-bond acceptors (Lipinski definition) is 4. The zero-order valence-corrected chi connectivity index (χ0v) is 9.00. The van der Waals surface area contributed by atoms with Crippen molar-refractivity contribution in [2.24, 2.45) is 0 Å². The largest absolute Gasteiger partial charge is 0.460 e. The minimum absolute atomic E-state index is 0.0194. The third-order valence-electron chi connectivity index (χ3n) is 2.11. The van der Waals surface area contributed by atoms with Gasteiger partial charge in [-0.25, -0.2) is 13.6 Å². The highest BCUT2D eigenvalue weighted by molar-refractivity contribution is 6.41. The first-order valence-electron chi connectivity index (χ1n) is 4.83. The SMILES string of the molecule is CCOC(=O)C(=O)C1=C(F)CC(F)(C#N)C=C1. The smallest absolute Gasteiger partial charge is 0.379 e. The molecule has 1 atom stereocenters. The summed E-state index contributed by atoms with van der Waals surface area (Å²) in [6.45, 7) is 1.48. The van der Waals surface area contributed by atoms with Crippen molar-refractivity contribution in [2.75, 3.05) is 6.61 Å². The first-order valence-corrected chi connectivity index (χ1v) is 4.83. The number of halogens is 2. The summed E-state index contributed by atoms with van der Waals surface area (Å²) in [6, 6.07) is 1.27. The highest BCUT2D eigenvalue weighted by atomic mass is 19.1. The van der Waals surface area contributed by atoms with Gasteiger partial charge in [0, 0.05) is 0 Å². The molecular formula is C11H9F2NO3. The zero-order chi connectivity index (χ0) is 13.1. The molecular weight excluding hydrogens is 232 g/mol. The van der Waals surface area contributed by atoms with Crippen LogP contribution in [-0.2, 0) is 14.3 Å². The molecule has 1 aliphatic carbocycles. The van der Waals surface area contributed by atoms with Crippen molar-refractivity contribution in [2.45, 2.75) is 19.0 Å². The van der Waals surface area contributed by atoms with E-state index >= 15 is 0 Å². The average molecular weight is 241 g/mol. The summed E-state index contributed by atoms with van der Waals surface area (Å²) in [6.07, 6.45) is 0.671. The third kappa shape index (κ3) is 2.75. The van der Waals surface area contributed by atoms with Crippen LogP contribution >= 0.6 is 0 Å². The molecule has 0 spiro atoms. The minimum atomic E-state index is -2.47. The Morgan fingerprint density at radius 1 is 1.65 bits per heavy atom. The van der Waals surface area contributed by atoms with Gasteiger partial charge in [0.15, 0.2) is 0 Å². The van der Waals surface area contributed by atoms with Gasteiger partial charge >= 0.3 is 5.97 Å². The second kappa shape index (κ2) is 4.87. The molecule has 4 nitrogen and oxygen atoms in total. The van der Waals surface area contributed by atoms with E-state index in [4.69, 9.17) is 5.26 Å². The first-order chi connectivity index (χ1) is 7.93. The van der Waals surface area contributed by atoms with Crippen LogP contribution in [0.2, 0.25) is 0 Å². The lowest BCUT2D eigenvalue weighted by molar-refractivity contribution is -0.151. The van der Waals surface area contributed by atoms with Gasteiger partial charge in [0.2, 0.25) is 5.67 Å². The van der Waals surface area contributed by atoms with E-state index in [1.165, 1.54) is 13.0 Å². The van der Waals surface area contributed by atoms with Crippen LogP contribution in [0.3, 0.4) is 0 Å². The Hall–Kier alpha value is -2.03. The predicted molar refractivity (Wildman–Crippen MR) is 53.0 cm³/mol. The number of alkyl halides is 1. The van der Waals surface area contributed by atoms with Crippen molar-refractivity contribution in [3.8, 4) is 6.07 Å². The summed E-state index contributed by atoms with van der Waals surface area (Å²) in [5.41, 5.74) is -3.03. The molecule has 0 aromatic carbocycles. The predicted octanol–water partition coefficient (Wildman–Crippen LogP) is 1.53. The molecule has 0 saturated heterocycles. The molecule has 0 aromatic rings. The van der Waals surface area contributed by atoms with Crippen LogP contribution in [-0.4, -0.2) is 24.0 Å². The molecule has 0 aliphatic heterocycles. The molecule has 0 saturated carbocycles. The van der Waals surface area contributed by atoms with Gasteiger partial charge in [-0.15, -0.1) is 0 Å². The molecule has 6 heteroatoms. The van der Waals surface area contributed by atoms with Crippen LogP contribution in [0.25, 0.3) is 0 Å². The Balaban J connectivity index is 2.93. The Kier molecular flexibility index (Phi) is 3.73. The quantitative estimate of drug-likeness (QED) is 0.555. The fourth-order valence-electron chi connectivity index (χ4n) is 1.27. The van der Waals surface area contributed by atoms with E-state index in [0.29, 0.717) is 0 Å². The summed E-state index contributed by atoms with van der Waals surface area (Å²) in [5.74, 6) is -3.51. The minimum Gasteiger partial charge on any atom is -0.460 e. The van der Waals surface area contributed by atoms with Gasteiger partial charge in [0.25, 0.3) is 5.78 Å². The van der Waals surface area contributed by atoms with Crippen LogP contribution in [0.1, 0.15) is 13.3 Å². The number of rotatable bonds is 3. The number of allylic oxidation sites excluding steroid dienone is 3. The Bertz CT molecular complexity index is 462. The highest BCUT2D eigenvalue weighted by Gasteiger charge is 2.35. The molecule has 90 valence electrons. The number of esters is 1. The topological polar surface area (TPSA) is 67.2 Å². The highest BCUT2D eigenvalue weighted by Crippen LogP contribution is 2.31. The number of ketones is 1. The molecule has 1 rings (SSSR count). The van der Waals surface area contributed by atoms with Crippen LogP contribution in [0, 0.1) is 11.3 Å². The third-order valence-corrected chi connectivity index (χ3v) is 2.11. The molecule has 0 heterocycles. The molecule has 1 unspecified atom stereocenters. The standard InChI is InChI=1S/C11H9F2NO3/c1-2-17-10(16)9(15)7-3-4-11(13,6-14)5-8(7)12/h3-4H,2,5H2,1H3. The second-order valence-corrected chi connectivity index (χ2v) is 3.35. The maximum Gasteiger partial charge on any atom is 0.379 e. The van der Waals surface area contributed by atoms with E-state index < -0.39 is 35.2 Å². The lowest BCUT2D eigenvalue weighted by Gasteiger charge is -2.17. The molecule has 0 amide bonds. The van der Waals surface area contributed by atoms with Gasteiger partial charge in [-0.05, 0) is 19.1 Å². The summed E-state index contributed by atoms with van der Waals surface area (Å²) >= 11 is 0. The Labute approximate surface area is 96.2 Å². The summed E-state index contributed by atoms with van der Waals surface area (Å²) in [7, 11) is 0. The fraction of sp³-hybridized carbons (Fsp3) is 0.364. The van der Waals surface area contributed by atoms with Crippen LogP contribution in [0.4, 0.5) is 8.78 Å². The number of carbonyl (C=O) groups excluding carboxylic acids is 2. The number of nitrogens with zero attached hydrogens (tertiary/aromatic N) is 1. The van der Waals surface area contributed by atoms with Crippen LogP contribution < -0.4 is 0 Å². The van der Waals surface area contributed by atoms with Gasteiger partial charge in [0.05, 0.1) is 18.6 Å². The first kappa shape index (κ1) is 13.0. The Morgan fingerprint density at radius 2 is 2.29 bits per heavy atom. The molecule has 17 heavy (non-hydrogen) atoms. The van der Waals surface area contributed by atoms with E-state index in [-0.39, 0.29) is 6.61 Å². The maximum atomic E-state index is 13.4. The lowest BCUT2D eigenvalue weighted by Crippen LogP contribution is -2.25. The fourth-order valence-corrected chi connectivity index (χ4v) is 1.27. The van der Waals surface area contributed by atoms with Crippen molar-refractivity contribution in [3.05, 3.63) is 23.6 Å². The van der Waals surface area contributed by atoms with Gasteiger partial charge in [-0.2, -0.15) is 5.26 Å². The molecule has 0 aromatic heterocycles. The lowest BCUT2D eigenvalue weighted by atomic mass is 9.92. The maximum absolute atomic E-state index is 13.4. The van der Waals surface area contributed by atoms with Gasteiger partial charge < -0.3 is 4.74 Å². The van der Waals surface area contributed by atoms with Crippen molar-refractivity contribution >= 4 is 11.8 Å². The number of hydrogen-bond donors (Lipinski definition) is 0. The molecule has 0 radical (unpaired) electrons. The van der Waals surface area contributed by atoms with Crippen molar-refractivity contribution in [1.29, 1.82) is 5.26 Å². The second-order valence-electron chi connectivity index (χ2n) is 3.35. The van der Waals surface area contributed by atoms with E-state index in [0.717, 1.165) is 12.2 Å². The summed E-state index contributed by atoms with van der Waals surface area (Å²) < 4.78 is 31.2. The number of ether oxygens (including phenoxy) is 1. The van der Waals surface area contributed by atoms with Gasteiger partial charge in [-0.3, -0.25) is 4.79 Å². The number of carbonyl (C=O) groups is 2. The Morgan fingerprint density at radius 3 is 2.76 bits per heavy atom. The van der Waals surface area contributed by atoms with E-state index in [1.807, 2.05) is 0 Å². The van der Waals surface area contributed by atoms with Crippen LogP contribution in [0.15, 0.2) is 23.6 Å². The summed E-state index contributed by atoms with van der Waals surface area (Å²) in [5, 5.41) is 8.44. The molecule has 0 fully saturated rings. The zero-order valence-electron chi connectivity index (χ0n) is 9.00. The molecule has 1 aliphatic rings. The van der Waals surface area contributed by atoms with Gasteiger partial charge in [0.1, 0.15) is 11.9 Å². The summed E-state index contributed by atoms with van der Waals surface area (Å²) in [4.78, 5) is 22.4. The van der Waals surface area contributed by atoms with E-state index in [2.05, 4.69) is 4.74 Å². The average Bonchev–Trinajstić information content (AvgIpc) is 2.29. The van der Waals surface area contributed by atoms with Crippen molar-refractivity contribution in [3.63, 3.8) is 0 Å². The van der Waals surface area contributed by atoms with Gasteiger partial charge in [-0.1, -0.05) is 0 Å². The van der Waals surface area contributed by atoms with E-state index in [9.17, 15) is 18.4 Å². The number of Topliss-reactive ketones (excluding diaryl/α,β-unsaturated/α-hetero) is 1. The number of nitriles is 1. The van der Waals surface area contributed by atoms with Crippen molar-refractivity contribution in [1.82, 2.24) is 0 Å².